The highest BCUT2D eigenvalue weighted by atomic mass is 16.3. The fourth-order valence-electron chi connectivity index (χ4n) is 8.54. The first-order chi connectivity index (χ1) is 35.7. The Balaban J connectivity index is 3.61. The molecule has 0 aliphatic carbocycles. The maximum absolute atomic E-state index is 12.5. The molecule has 0 bridgehead atoms. The normalized spacial score (nSPS) is 13.8. The van der Waals surface area contributed by atoms with Crippen molar-refractivity contribution in [3.8, 4) is 0 Å². The van der Waals surface area contributed by atoms with Crippen LogP contribution in [0.1, 0.15) is 271 Å². The molecular weight excluding hydrogens is 879 g/mol. The van der Waals surface area contributed by atoms with E-state index in [9.17, 15) is 15.0 Å². The van der Waals surface area contributed by atoms with Crippen LogP contribution < -0.4 is 5.32 Å². The van der Waals surface area contributed by atoms with Crippen LogP contribution in [0.25, 0.3) is 0 Å². The average Bonchev–Trinajstić information content (AvgIpc) is 3.39. The number of carbonyl (C=O) groups is 1. The number of nitrogens with one attached hydrogen (secondary N) is 1. The van der Waals surface area contributed by atoms with E-state index in [1.54, 1.807) is 6.08 Å². The van der Waals surface area contributed by atoms with Crippen LogP contribution in [-0.2, 0) is 4.79 Å². The lowest BCUT2D eigenvalue weighted by molar-refractivity contribution is -0.123. The number of hydrogen-bond donors (Lipinski definition) is 3. The molecular formula is C68H115NO3. The van der Waals surface area contributed by atoms with Gasteiger partial charge in [-0.15, -0.1) is 0 Å². The van der Waals surface area contributed by atoms with Crippen molar-refractivity contribution in [1.82, 2.24) is 5.32 Å². The molecule has 3 N–H and O–H groups in total. The van der Waals surface area contributed by atoms with Crippen molar-refractivity contribution in [2.75, 3.05) is 6.61 Å². The van der Waals surface area contributed by atoms with Gasteiger partial charge < -0.3 is 15.5 Å². The second-order valence-electron chi connectivity index (χ2n) is 20.0. The molecule has 0 aromatic rings. The maximum atomic E-state index is 12.5. The SMILES string of the molecule is CC/C=C\C/C=C\C/C=C\C/C=C\C/C=C\C/C=C\C/C=C\C/C=C\C/C=C\CCCCCCCCCCCCCC(=O)NC(CO)C(O)/C=C/CC/C=C/CCCCCCCCCCCCCCCCC. The van der Waals surface area contributed by atoms with Gasteiger partial charge in [0.2, 0.25) is 5.91 Å². The first kappa shape index (κ1) is 68.5. The predicted molar refractivity (Wildman–Crippen MR) is 322 cm³/mol. The van der Waals surface area contributed by atoms with Crippen LogP contribution in [0, 0.1) is 0 Å². The molecule has 410 valence electrons. The minimum atomic E-state index is -0.872. The summed E-state index contributed by atoms with van der Waals surface area (Å²) in [6.45, 7) is 4.19. The van der Waals surface area contributed by atoms with Crippen LogP contribution in [0.4, 0.5) is 0 Å². The average molecular weight is 995 g/mol. The van der Waals surface area contributed by atoms with Gasteiger partial charge in [-0.3, -0.25) is 4.79 Å². The molecule has 4 heteroatoms. The largest absolute Gasteiger partial charge is 0.394 e. The summed E-state index contributed by atoms with van der Waals surface area (Å²) in [5, 5.41) is 23.2. The monoisotopic (exact) mass is 994 g/mol. The molecule has 0 aliphatic heterocycles. The highest BCUT2D eigenvalue weighted by Crippen LogP contribution is 2.15. The van der Waals surface area contributed by atoms with E-state index >= 15 is 0 Å². The molecule has 0 aromatic carbocycles. The summed E-state index contributed by atoms with van der Waals surface area (Å²) in [5.41, 5.74) is 0. The maximum Gasteiger partial charge on any atom is 0.220 e. The van der Waals surface area contributed by atoms with E-state index in [4.69, 9.17) is 0 Å². The Hall–Kier alpha value is -3.47. The molecule has 0 spiro atoms. The van der Waals surface area contributed by atoms with Crippen LogP contribution in [0.3, 0.4) is 0 Å². The van der Waals surface area contributed by atoms with Crippen molar-refractivity contribution < 1.29 is 15.0 Å². The Morgan fingerprint density at radius 1 is 0.347 bits per heavy atom. The van der Waals surface area contributed by atoms with Crippen molar-refractivity contribution >= 4 is 5.91 Å². The van der Waals surface area contributed by atoms with Gasteiger partial charge in [-0.25, -0.2) is 0 Å². The van der Waals surface area contributed by atoms with E-state index in [1.165, 1.54) is 161 Å². The van der Waals surface area contributed by atoms with Gasteiger partial charge in [-0.05, 0) is 103 Å². The van der Waals surface area contributed by atoms with E-state index in [2.05, 4.69) is 141 Å². The minimum absolute atomic E-state index is 0.0806. The lowest BCUT2D eigenvalue weighted by Gasteiger charge is -2.19. The van der Waals surface area contributed by atoms with Gasteiger partial charge in [-0.2, -0.15) is 0 Å². The molecule has 0 radical (unpaired) electrons. The van der Waals surface area contributed by atoms with Crippen LogP contribution in [0.2, 0.25) is 0 Å². The zero-order valence-corrected chi connectivity index (χ0v) is 47.2. The summed E-state index contributed by atoms with van der Waals surface area (Å²) in [5.74, 6) is -0.0806. The van der Waals surface area contributed by atoms with Crippen molar-refractivity contribution in [3.05, 3.63) is 134 Å². The van der Waals surface area contributed by atoms with E-state index in [0.717, 1.165) is 89.9 Å². The summed E-state index contributed by atoms with van der Waals surface area (Å²) in [6, 6.07) is -0.650. The molecule has 0 aromatic heterocycles. The van der Waals surface area contributed by atoms with Crippen molar-refractivity contribution in [3.63, 3.8) is 0 Å². The molecule has 2 atom stereocenters. The summed E-state index contributed by atoms with van der Waals surface area (Å²) >= 11 is 0. The summed E-state index contributed by atoms with van der Waals surface area (Å²) in [4.78, 5) is 12.5. The molecule has 0 rings (SSSR count). The molecule has 2 unspecified atom stereocenters. The van der Waals surface area contributed by atoms with Crippen LogP contribution in [0.15, 0.2) is 134 Å². The fourth-order valence-corrected chi connectivity index (χ4v) is 8.54. The third-order valence-corrected chi connectivity index (χ3v) is 13.1. The number of amides is 1. The zero-order valence-electron chi connectivity index (χ0n) is 47.2. The molecule has 0 heterocycles. The highest BCUT2D eigenvalue weighted by Gasteiger charge is 2.18. The van der Waals surface area contributed by atoms with Crippen molar-refractivity contribution in [2.24, 2.45) is 0 Å². The quantitative estimate of drug-likeness (QED) is 0.0420. The number of rotatable bonds is 54. The number of aliphatic hydroxyl groups is 2. The number of carbonyl (C=O) groups excluding carboxylic acids is 1. The molecule has 0 aliphatic rings. The molecule has 0 fully saturated rings. The number of unbranched alkanes of at least 4 members (excludes halogenated alkanes) is 27. The Kier molecular flexibility index (Phi) is 58.8. The predicted octanol–water partition coefficient (Wildman–Crippen LogP) is 20.6. The van der Waals surface area contributed by atoms with Crippen LogP contribution in [0.5, 0.6) is 0 Å². The summed E-state index contributed by atoms with van der Waals surface area (Å²) < 4.78 is 0. The van der Waals surface area contributed by atoms with Crippen molar-refractivity contribution in [2.45, 2.75) is 283 Å². The summed E-state index contributed by atoms with van der Waals surface area (Å²) in [6.07, 6.45) is 96.2. The Morgan fingerprint density at radius 2 is 0.625 bits per heavy atom. The van der Waals surface area contributed by atoms with Crippen LogP contribution >= 0.6 is 0 Å². The molecule has 0 saturated heterocycles. The van der Waals surface area contributed by atoms with E-state index in [-0.39, 0.29) is 12.5 Å². The number of aliphatic hydroxyl groups excluding tert-OH is 2. The summed E-state index contributed by atoms with van der Waals surface area (Å²) in [7, 11) is 0. The topological polar surface area (TPSA) is 69.6 Å². The lowest BCUT2D eigenvalue weighted by atomic mass is 10.0. The van der Waals surface area contributed by atoms with Gasteiger partial charge in [0.05, 0.1) is 18.8 Å². The Morgan fingerprint density at radius 3 is 0.972 bits per heavy atom. The standard InChI is InChI=1S/C68H115NO3/c1-3-5-7-9-11-13-15-17-19-21-23-25-26-27-28-29-30-31-32-33-34-35-36-37-38-39-40-41-42-44-46-48-50-52-54-56-58-60-62-64-68(72)69-66(65-70)67(71)63-61-59-57-55-53-51-49-47-45-43-24-22-20-18-16-14-12-10-8-6-4-2/h5,7,11,13,17,19,23,25,27-28,30-31,33-34,36-37,39-40,53,55,61,63,66-67,70-71H,3-4,6,8-10,12,14-16,18,20-22,24,26,29,32,35,38,41-52,54,56-60,62,64-65H2,1-2H3,(H,69,72)/b7-5-,13-11-,19-17-,25-23-,28-27-,31-30-,34-33-,37-36-,40-39-,55-53+,63-61+. The first-order valence-electron chi connectivity index (χ1n) is 30.4. The highest BCUT2D eigenvalue weighted by molar-refractivity contribution is 5.76. The second kappa shape index (κ2) is 61.8. The lowest BCUT2D eigenvalue weighted by Crippen LogP contribution is -2.45. The second-order valence-corrected chi connectivity index (χ2v) is 20.0. The molecule has 4 nitrogen and oxygen atoms in total. The number of allylic oxidation sites excluding steroid dienone is 21. The smallest absolute Gasteiger partial charge is 0.220 e. The zero-order chi connectivity index (χ0) is 52.0. The van der Waals surface area contributed by atoms with Crippen molar-refractivity contribution in [1.29, 1.82) is 0 Å². The fraction of sp³-hybridized carbons (Fsp3) is 0.662. The van der Waals surface area contributed by atoms with E-state index in [1.807, 2.05) is 6.08 Å². The van der Waals surface area contributed by atoms with Gasteiger partial charge in [0.15, 0.2) is 0 Å². The molecule has 0 saturated carbocycles. The third kappa shape index (κ3) is 57.4. The first-order valence-corrected chi connectivity index (χ1v) is 30.4. The minimum Gasteiger partial charge on any atom is -0.394 e. The number of hydrogen-bond acceptors (Lipinski definition) is 3. The van der Waals surface area contributed by atoms with E-state index in [0.29, 0.717) is 6.42 Å². The Labute approximate surface area is 447 Å². The van der Waals surface area contributed by atoms with Gasteiger partial charge in [0.1, 0.15) is 0 Å². The van der Waals surface area contributed by atoms with Gasteiger partial charge in [0.25, 0.3) is 0 Å². The molecule has 1 amide bonds. The molecule has 72 heavy (non-hydrogen) atoms. The van der Waals surface area contributed by atoms with Crippen LogP contribution in [-0.4, -0.2) is 34.9 Å². The van der Waals surface area contributed by atoms with E-state index < -0.39 is 12.1 Å². The Bertz CT molecular complexity index is 1450. The van der Waals surface area contributed by atoms with Gasteiger partial charge in [0, 0.05) is 6.42 Å². The van der Waals surface area contributed by atoms with Gasteiger partial charge in [-0.1, -0.05) is 295 Å². The van der Waals surface area contributed by atoms with Gasteiger partial charge >= 0.3 is 0 Å². The third-order valence-electron chi connectivity index (χ3n) is 13.1.